The highest BCUT2D eigenvalue weighted by Crippen LogP contribution is 2.05. The van der Waals surface area contributed by atoms with Crippen LogP contribution in [0.2, 0.25) is 0 Å². The van der Waals surface area contributed by atoms with Crippen molar-refractivity contribution in [3.05, 3.63) is 0 Å². The summed E-state index contributed by atoms with van der Waals surface area (Å²) in [5, 5.41) is 6.56. The van der Waals surface area contributed by atoms with E-state index in [2.05, 4.69) is 46.2 Å². The van der Waals surface area contributed by atoms with E-state index in [-0.39, 0.29) is 24.0 Å². The van der Waals surface area contributed by atoms with Crippen LogP contribution in [0, 0.1) is 5.92 Å². The number of piperazine rings is 1. The van der Waals surface area contributed by atoms with Gasteiger partial charge < -0.3 is 25.2 Å². The smallest absolute Gasteiger partial charge is 0.191 e. The topological polar surface area (TPSA) is 52.1 Å². The van der Waals surface area contributed by atoms with Gasteiger partial charge in [-0.2, -0.15) is 0 Å². The van der Waals surface area contributed by atoms with Gasteiger partial charge in [0.2, 0.25) is 0 Å². The van der Waals surface area contributed by atoms with E-state index in [1.165, 1.54) is 32.7 Å². The van der Waals surface area contributed by atoms with Gasteiger partial charge in [0.1, 0.15) is 0 Å². The molecule has 138 valence electrons. The Hall–Kier alpha value is -0.120. The highest BCUT2D eigenvalue weighted by atomic mass is 127. The van der Waals surface area contributed by atoms with E-state index in [0.29, 0.717) is 12.5 Å². The molecule has 1 atom stereocenters. The molecule has 0 aromatic rings. The minimum atomic E-state index is 0. The molecule has 0 bridgehead atoms. The van der Waals surface area contributed by atoms with Crippen molar-refractivity contribution in [2.75, 3.05) is 72.6 Å². The summed E-state index contributed by atoms with van der Waals surface area (Å²) in [6, 6.07) is 0. The zero-order chi connectivity index (χ0) is 16.2. The van der Waals surface area contributed by atoms with Crippen molar-refractivity contribution in [3.8, 4) is 0 Å². The summed E-state index contributed by atoms with van der Waals surface area (Å²) in [7, 11) is 1.71. The summed E-state index contributed by atoms with van der Waals surface area (Å²) < 4.78 is 5.06. The van der Waals surface area contributed by atoms with Gasteiger partial charge in [-0.3, -0.25) is 4.99 Å². The van der Waals surface area contributed by atoms with Crippen molar-refractivity contribution < 1.29 is 4.74 Å². The SMILES string of the molecule is CCNC(=NCC(C)CN1CCN(CC)CC1)NCCOC.I. The number of aliphatic imine (C=N–C) groups is 1. The van der Waals surface area contributed by atoms with Gasteiger partial charge in [0.15, 0.2) is 5.96 Å². The third-order valence-corrected chi connectivity index (χ3v) is 3.99. The van der Waals surface area contributed by atoms with Crippen LogP contribution in [0.1, 0.15) is 20.8 Å². The molecule has 0 spiro atoms. The standard InChI is InChI=1S/C16H35N5O.HI/c1-5-17-16(18-7-12-22-4)19-13-15(3)14-21-10-8-20(6-2)9-11-21;/h15H,5-14H2,1-4H3,(H2,17,18,19);1H. The fraction of sp³-hybridized carbons (Fsp3) is 0.938. The van der Waals surface area contributed by atoms with Crippen molar-refractivity contribution in [3.63, 3.8) is 0 Å². The van der Waals surface area contributed by atoms with Crippen LogP contribution in [-0.2, 0) is 4.74 Å². The third-order valence-electron chi connectivity index (χ3n) is 3.99. The van der Waals surface area contributed by atoms with Crippen molar-refractivity contribution >= 4 is 29.9 Å². The lowest BCUT2D eigenvalue weighted by molar-refractivity contribution is 0.125. The molecule has 0 aliphatic carbocycles. The second-order valence-electron chi connectivity index (χ2n) is 5.98. The number of methoxy groups -OCH3 is 1. The fourth-order valence-corrected chi connectivity index (χ4v) is 2.65. The second-order valence-corrected chi connectivity index (χ2v) is 5.98. The van der Waals surface area contributed by atoms with E-state index < -0.39 is 0 Å². The molecule has 0 radical (unpaired) electrons. The molecular weight excluding hydrogens is 405 g/mol. The van der Waals surface area contributed by atoms with Gasteiger partial charge >= 0.3 is 0 Å². The Labute approximate surface area is 159 Å². The second kappa shape index (κ2) is 14.2. The molecule has 1 rings (SSSR count). The molecule has 0 aromatic carbocycles. The van der Waals surface area contributed by atoms with E-state index in [1.807, 2.05) is 0 Å². The highest BCUT2D eigenvalue weighted by molar-refractivity contribution is 14.0. The van der Waals surface area contributed by atoms with Crippen LogP contribution in [0.3, 0.4) is 0 Å². The molecule has 1 unspecified atom stereocenters. The van der Waals surface area contributed by atoms with Gasteiger partial charge in [-0.15, -0.1) is 24.0 Å². The molecule has 1 aliphatic rings. The van der Waals surface area contributed by atoms with Crippen molar-refractivity contribution in [1.82, 2.24) is 20.4 Å². The lowest BCUT2D eigenvalue weighted by Gasteiger charge is -2.35. The number of hydrogen-bond acceptors (Lipinski definition) is 4. The first kappa shape index (κ1) is 22.9. The summed E-state index contributed by atoms with van der Waals surface area (Å²) in [6.45, 7) is 16.9. The zero-order valence-corrected chi connectivity index (χ0v) is 17.6. The highest BCUT2D eigenvalue weighted by Gasteiger charge is 2.17. The fourth-order valence-electron chi connectivity index (χ4n) is 2.65. The Morgan fingerprint density at radius 2 is 1.78 bits per heavy atom. The summed E-state index contributed by atoms with van der Waals surface area (Å²) in [4.78, 5) is 9.77. The van der Waals surface area contributed by atoms with Gasteiger partial charge in [0.25, 0.3) is 0 Å². The van der Waals surface area contributed by atoms with Gasteiger partial charge in [-0.25, -0.2) is 0 Å². The number of hydrogen-bond donors (Lipinski definition) is 2. The van der Waals surface area contributed by atoms with Crippen molar-refractivity contribution in [1.29, 1.82) is 0 Å². The van der Waals surface area contributed by atoms with Gasteiger partial charge in [0, 0.05) is 59.5 Å². The summed E-state index contributed by atoms with van der Waals surface area (Å²) in [5.74, 6) is 1.47. The maximum absolute atomic E-state index is 5.06. The predicted octanol–water partition coefficient (Wildman–Crippen LogP) is 1.08. The van der Waals surface area contributed by atoms with Crippen LogP contribution in [0.25, 0.3) is 0 Å². The van der Waals surface area contributed by atoms with Gasteiger partial charge in [0.05, 0.1) is 6.61 Å². The van der Waals surface area contributed by atoms with E-state index in [0.717, 1.165) is 32.1 Å². The Morgan fingerprint density at radius 3 is 2.35 bits per heavy atom. The average molecular weight is 441 g/mol. The quantitative estimate of drug-likeness (QED) is 0.243. The molecule has 7 heteroatoms. The lowest BCUT2D eigenvalue weighted by atomic mass is 10.1. The van der Waals surface area contributed by atoms with Crippen molar-refractivity contribution in [2.24, 2.45) is 10.9 Å². The molecule has 1 fully saturated rings. The van der Waals surface area contributed by atoms with Gasteiger partial charge in [-0.1, -0.05) is 13.8 Å². The Bertz CT molecular complexity index is 309. The summed E-state index contributed by atoms with van der Waals surface area (Å²) in [6.07, 6.45) is 0. The molecular formula is C16H36IN5O. The molecule has 0 aromatic heterocycles. The molecule has 1 heterocycles. The Kier molecular flexibility index (Phi) is 14.2. The Morgan fingerprint density at radius 1 is 1.13 bits per heavy atom. The number of guanidine groups is 1. The van der Waals surface area contributed by atoms with Crippen LogP contribution in [0.4, 0.5) is 0 Å². The van der Waals surface area contributed by atoms with Crippen LogP contribution in [0.5, 0.6) is 0 Å². The van der Waals surface area contributed by atoms with E-state index in [4.69, 9.17) is 4.74 Å². The zero-order valence-electron chi connectivity index (χ0n) is 15.3. The Balaban J connectivity index is 0.00000484. The maximum atomic E-state index is 5.06. The first-order valence-electron chi connectivity index (χ1n) is 8.65. The molecule has 0 saturated carbocycles. The number of rotatable bonds is 9. The molecule has 2 N–H and O–H groups in total. The molecule has 1 aliphatic heterocycles. The predicted molar refractivity (Wildman–Crippen MR) is 109 cm³/mol. The maximum Gasteiger partial charge on any atom is 0.191 e. The van der Waals surface area contributed by atoms with Crippen LogP contribution < -0.4 is 10.6 Å². The normalized spacial score (nSPS) is 18.3. The molecule has 23 heavy (non-hydrogen) atoms. The number of nitrogens with one attached hydrogen (secondary N) is 2. The van der Waals surface area contributed by atoms with Gasteiger partial charge in [-0.05, 0) is 19.4 Å². The van der Waals surface area contributed by atoms with E-state index >= 15 is 0 Å². The van der Waals surface area contributed by atoms with Crippen LogP contribution in [-0.4, -0.2) is 88.4 Å². The average Bonchev–Trinajstić information content (AvgIpc) is 2.53. The lowest BCUT2D eigenvalue weighted by Crippen LogP contribution is -2.47. The van der Waals surface area contributed by atoms with Crippen molar-refractivity contribution in [2.45, 2.75) is 20.8 Å². The van der Waals surface area contributed by atoms with Crippen LogP contribution in [0.15, 0.2) is 4.99 Å². The molecule has 1 saturated heterocycles. The molecule has 6 nitrogen and oxygen atoms in total. The minimum absolute atomic E-state index is 0. The van der Waals surface area contributed by atoms with Crippen LogP contribution >= 0.6 is 24.0 Å². The summed E-state index contributed by atoms with van der Waals surface area (Å²) >= 11 is 0. The van der Waals surface area contributed by atoms with E-state index in [9.17, 15) is 0 Å². The number of likely N-dealkylation sites (N-methyl/N-ethyl adjacent to an activating group) is 1. The van der Waals surface area contributed by atoms with E-state index in [1.54, 1.807) is 7.11 Å². The third kappa shape index (κ3) is 10.4. The largest absolute Gasteiger partial charge is 0.383 e. The number of ether oxygens (including phenoxy) is 1. The summed E-state index contributed by atoms with van der Waals surface area (Å²) in [5.41, 5.74) is 0. The first-order valence-corrected chi connectivity index (χ1v) is 8.65. The molecule has 0 amide bonds. The number of nitrogens with zero attached hydrogens (tertiary/aromatic N) is 3. The monoisotopic (exact) mass is 441 g/mol. The number of halogens is 1. The first-order chi connectivity index (χ1) is 10.7. The minimum Gasteiger partial charge on any atom is -0.383 e.